The first-order valence-corrected chi connectivity index (χ1v) is 7.14. The third kappa shape index (κ3) is 4.20. The number of hydrogen-bond donors (Lipinski definition) is 1. The van der Waals surface area contributed by atoms with Crippen LogP contribution in [0.2, 0.25) is 0 Å². The molecule has 0 aromatic heterocycles. The lowest BCUT2D eigenvalue weighted by molar-refractivity contribution is -0.154. The second-order valence-electron chi connectivity index (χ2n) is 5.18. The summed E-state index contributed by atoms with van der Waals surface area (Å²) < 4.78 is 5.30. The quantitative estimate of drug-likeness (QED) is 0.718. The zero-order chi connectivity index (χ0) is 14.3. The van der Waals surface area contributed by atoms with E-state index in [9.17, 15) is 14.7 Å². The van der Waals surface area contributed by atoms with E-state index in [-0.39, 0.29) is 5.91 Å². The molecule has 5 nitrogen and oxygen atoms in total. The van der Waals surface area contributed by atoms with Crippen molar-refractivity contribution in [1.29, 1.82) is 0 Å². The standard InChI is InChI=1S/C14H25NO4/c1-3-10-19-11-5-12(16)15-8-6-14(4-2,7-9-15)13(17)18/h3-11H2,1-2H3,(H,17,18). The summed E-state index contributed by atoms with van der Waals surface area (Å²) in [5.74, 6) is -0.653. The van der Waals surface area contributed by atoms with Crippen molar-refractivity contribution < 1.29 is 19.4 Å². The van der Waals surface area contributed by atoms with Gasteiger partial charge in [-0.25, -0.2) is 0 Å². The topological polar surface area (TPSA) is 66.8 Å². The molecular formula is C14H25NO4. The number of aliphatic carboxylic acids is 1. The summed E-state index contributed by atoms with van der Waals surface area (Å²) in [4.78, 5) is 25.0. The molecule has 1 N–H and O–H groups in total. The van der Waals surface area contributed by atoms with Gasteiger partial charge in [0.15, 0.2) is 0 Å². The predicted octanol–water partition coefficient (Wildman–Crippen LogP) is 1.91. The Morgan fingerprint density at radius 2 is 1.84 bits per heavy atom. The molecule has 19 heavy (non-hydrogen) atoms. The smallest absolute Gasteiger partial charge is 0.309 e. The number of rotatable bonds is 7. The molecule has 1 amide bonds. The maximum absolute atomic E-state index is 11.9. The van der Waals surface area contributed by atoms with Crippen molar-refractivity contribution in [2.24, 2.45) is 5.41 Å². The minimum Gasteiger partial charge on any atom is -0.481 e. The number of carbonyl (C=O) groups is 2. The Morgan fingerprint density at radius 1 is 1.21 bits per heavy atom. The molecule has 0 atom stereocenters. The van der Waals surface area contributed by atoms with Crippen LogP contribution in [-0.2, 0) is 14.3 Å². The average Bonchev–Trinajstić information content (AvgIpc) is 2.43. The first-order valence-electron chi connectivity index (χ1n) is 7.14. The molecule has 1 aliphatic heterocycles. The van der Waals surface area contributed by atoms with Crippen LogP contribution in [0.5, 0.6) is 0 Å². The van der Waals surface area contributed by atoms with Crippen LogP contribution < -0.4 is 0 Å². The molecule has 1 fully saturated rings. The highest BCUT2D eigenvalue weighted by molar-refractivity contribution is 5.78. The molecule has 0 aromatic carbocycles. The number of likely N-dealkylation sites (tertiary alicyclic amines) is 1. The molecule has 0 unspecified atom stereocenters. The van der Waals surface area contributed by atoms with Crippen molar-refractivity contribution >= 4 is 11.9 Å². The van der Waals surface area contributed by atoms with Crippen LogP contribution in [0.4, 0.5) is 0 Å². The van der Waals surface area contributed by atoms with E-state index in [0.29, 0.717) is 52.0 Å². The molecule has 1 saturated heterocycles. The number of hydrogen-bond acceptors (Lipinski definition) is 3. The molecule has 0 radical (unpaired) electrons. The highest BCUT2D eigenvalue weighted by atomic mass is 16.5. The van der Waals surface area contributed by atoms with Gasteiger partial charge in [-0.2, -0.15) is 0 Å². The number of amides is 1. The largest absolute Gasteiger partial charge is 0.481 e. The van der Waals surface area contributed by atoms with Gasteiger partial charge in [0.2, 0.25) is 5.91 Å². The number of piperidine rings is 1. The Hall–Kier alpha value is -1.10. The fourth-order valence-electron chi connectivity index (χ4n) is 2.47. The minimum absolute atomic E-state index is 0.0752. The highest BCUT2D eigenvalue weighted by Gasteiger charge is 2.40. The number of carbonyl (C=O) groups excluding carboxylic acids is 1. The predicted molar refractivity (Wildman–Crippen MR) is 71.9 cm³/mol. The van der Waals surface area contributed by atoms with Gasteiger partial charge in [-0.1, -0.05) is 13.8 Å². The molecule has 0 saturated carbocycles. The van der Waals surface area contributed by atoms with Crippen molar-refractivity contribution in [3.8, 4) is 0 Å². The van der Waals surface area contributed by atoms with Crippen molar-refractivity contribution in [3.63, 3.8) is 0 Å². The van der Waals surface area contributed by atoms with E-state index in [0.717, 1.165) is 6.42 Å². The minimum atomic E-state index is -0.728. The molecule has 0 spiro atoms. The Balaban J connectivity index is 2.36. The first-order chi connectivity index (χ1) is 9.05. The van der Waals surface area contributed by atoms with E-state index >= 15 is 0 Å². The zero-order valence-electron chi connectivity index (χ0n) is 12.0. The van der Waals surface area contributed by atoms with Gasteiger partial charge in [0.05, 0.1) is 18.4 Å². The lowest BCUT2D eigenvalue weighted by Crippen LogP contribution is -2.46. The molecular weight excluding hydrogens is 246 g/mol. The Labute approximate surface area is 114 Å². The number of carboxylic acids is 1. The molecule has 110 valence electrons. The van der Waals surface area contributed by atoms with Gasteiger partial charge in [-0.05, 0) is 25.7 Å². The maximum atomic E-state index is 11.9. The average molecular weight is 271 g/mol. The van der Waals surface area contributed by atoms with E-state index in [1.807, 2.05) is 13.8 Å². The fourth-order valence-corrected chi connectivity index (χ4v) is 2.47. The fraction of sp³-hybridized carbons (Fsp3) is 0.857. The molecule has 1 aliphatic rings. The Kier molecular flexibility index (Phi) is 6.28. The van der Waals surface area contributed by atoms with Gasteiger partial charge in [0.25, 0.3) is 0 Å². The second-order valence-corrected chi connectivity index (χ2v) is 5.18. The second kappa shape index (κ2) is 7.48. The van der Waals surface area contributed by atoms with Crippen molar-refractivity contribution in [3.05, 3.63) is 0 Å². The van der Waals surface area contributed by atoms with Gasteiger partial charge in [-0.15, -0.1) is 0 Å². The van der Waals surface area contributed by atoms with Crippen molar-refractivity contribution in [1.82, 2.24) is 4.90 Å². The van der Waals surface area contributed by atoms with Gasteiger partial charge in [-0.3, -0.25) is 9.59 Å². The molecule has 0 aromatic rings. The van der Waals surface area contributed by atoms with E-state index in [4.69, 9.17) is 4.74 Å². The van der Waals surface area contributed by atoms with Crippen LogP contribution >= 0.6 is 0 Å². The molecule has 1 heterocycles. The van der Waals surface area contributed by atoms with Crippen LogP contribution in [-0.4, -0.2) is 48.2 Å². The van der Waals surface area contributed by atoms with Crippen LogP contribution in [0.15, 0.2) is 0 Å². The van der Waals surface area contributed by atoms with E-state index in [1.165, 1.54) is 0 Å². The van der Waals surface area contributed by atoms with E-state index in [1.54, 1.807) is 4.90 Å². The number of nitrogens with zero attached hydrogens (tertiary/aromatic N) is 1. The summed E-state index contributed by atoms with van der Waals surface area (Å²) in [7, 11) is 0. The SMILES string of the molecule is CCCOCCC(=O)N1CCC(CC)(C(=O)O)CC1. The Bertz CT molecular complexity index is 309. The number of carboxylic acid groups (broad SMARTS) is 1. The lowest BCUT2D eigenvalue weighted by atomic mass is 9.76. The summed E-state index contributed by atoms with van der Waals surface area (Å²) in [5.41, 5.74) is -0.629. The summed E-state index contributed by atoms with van der Waals surface area (Å²) in [6, 6.07) is 0. The molecule has 0 bridgehead atoms. The highest BCUT2D eigenvalue weighted by Crippen LogP contribution is 2.35. The summed E-state index contributed by atoms with van der Waals surface area (Å²) in [6.07, 6.45) is 3.09. The summed E-state index contributed by atoms with van der Waals surface area (Å²) in [5, 5.41) is 9.29. The molecule has 1 rings (SSSR count). The van der Waals surface area contributed by atoms with Crippen LogP contribution in [0, 0.1) is 5.41 Å². The monoisotopic (exact) mass is 271 g/mol. The number of ether oxygens (including phenoxy) is 1. The molecule has 5 heteroatoms. The van der Waals surface area contributed by atoms with Gasteiger partial charge in [0.1, 0.15) is 0 Å². The third-order valence-electron chi connectivity index (χ3n) is 4.01. The van der Waals surface area contributed by atoms with Crippen molar-refractivity contribution in [2.45, 2.75) is 46.0 Å². The van der Waals surface area contributed by atoms with E-state index in [2.05, 4.69) is 0 Å². The summed E-state index contributed by atoms with van der Waals surface area (Å²) >= 11 is 0. The first kappa shape index (κ1) is 16.0. The van der Waals surface area contributed by atoms with Crippen molar-refractivity contribution in [2.75, 3.05) is 26.3 Å². The summed E-state index contributed by atoms with van der Waals surface area (Å²) in [6.45, 7) is 6.18. The van der Waals surface area contributed by atoms with Gasteiger partial charge >= 0.3 is 5.97 Å². The Morgan fingerprint density at radius 3 is 2.32 bits per heavy atom. The van der Waals surface area contributed by atoms with Gasteiger partial charge in [0, 0.05) is 19.7 Å². The molecule has 0 aliphatic carbocycles. The normalized spacial score (nSPS) is 18.3. The van der Waals surface area contributed by atoms with Crippen LogP contribution in [0.1, 0.15) is 46.0 Å². The van der Waals surface area contributed by atoms with E-state index < -0.39 is 11.4 Å². The zero-order valence-corrected chi connectivity index (χ0v) is 12.0. The van der Waals surface area contributed by atoms with Gasteiger partial charge < -0.3 is 14.7 Å². The van der Waals surface area contributed by atoms with Crippen LogP contribution in [0.25, 0.3) is 0 Å². The maximum Gasteiger partial charge on any atom is 0.309 e. The lowest BCUT2D eigenvalue weighted by Gasteiger charge is -2.38. The third-order valence-corrected chi connectivity index (χ3v) is 4.01. The van der Waals surface area contributed by atoms with Crippen LogP contribution in [0.3, 0.4) is 0 Å².